The van der Waals surface area contributed by atoms with Crippen molar-refractivity contribution in [3.63, 3.8) is 0 Å². The van der Waals surface area contributed by atoms with Crippen molar-refractivity contribution in [3.8, 4) is 0 Å². The minimum Gasteiger partial charge on any atom is -0.489 e. The third-order valence-electron chi connectivity index (χ3n) is 8.96. The molecule has 1 rings (SSSR count). The quantitative estimate of drug-likeness (QED) is 0.0426. The lowest BCUT2D eigenvalue weighted by molar-refractivity contribution is -0.179. The second kappa shape index (κ2) is 27.3. The summed E-state index contributed by atoms with van der Waals surface area (Å²) in [6.07, 6.45) is 24.3. The molecule has 270 valence electrons. The van der Waals surface area contributed by atoms with Crippen LogP contribution in [-0.2, 0) is 23.8 Å². The van der Waals surface area contributed by atoms with E-state index in [0.29, 0.717) is 12.8 Å². The Hall–Kier alpha value is -1.68. The molecule has 0 spiro atoms. The van der Waals surface area contributed by atoms with E-state index in [1.165, 1.54) is 103 Å². The third-order valence-corrected chi connectivity index (χ3v) is 8.96. The molecule has 0 aromatic rings. The molecule has 9 nitrogen and oxygen atoms in total. The number of hydrogen-bond acceptors (Lipinski definition) is 9. The molecule has 0 saturated carbocycles. The van der Waals surface area contributed by atoms with Gasteiger partial charge >= 0.3 is 5.97 Å². The molecule has 0 fully saturated rings. The van der Waals surface area contributed by atoms with Gasteiger partial charge in [0.25, 0.3) is 5.60 Å². The molecule has 0 aromatic heterocycles. The molecule has 9 heteroatoms. The molecule has 0 aromatic carbocycles. The Bertz CT molecular complexity index is 815. The fraction of sp³-hybridized carbons (Fsp3) is 0.892. The molecule has 0 bridgehead atoms. The van der Waals surface area contributed by atoms with Crippen LogP contribution < -0.4 is 0 Å². The maximum absolute atomic E-state index is 13.2. The van der Waals surface area contributed by atoms with Crippen molar-refractivity contribution < 1.29 is 44.2 Å². The van der Waals surface area contributed by atoms with Crippen molar-refractivity contribution in [2.24, 2.45) is 0 Å². The van der Waals surface area contributed by atoms with Gasteiger partial charge in [-0.25, -0.2) is 4.79 Å². The number of aliphatic hydroxyl groups is 4. The van der Waals surface area contributed by atoms with Crippen LogP contribution in [0.1, 0.15) is 168 Å². The van der Waals surface area contributed by atoms with E-state index >= 15 is 0 Å². The van der Waals surface area contributed by atoms with Crippen molar-refractivity contribution >= 4 is 11.8 Å². The molecule has 0 radical (unpaired) electrons. The number of carbonyl (C=O) groups is 2. The van der Waals surface area contributed by atoms with Crippen LogP contribution in [-0.4, -0.2) is 76.4 Å². The van der Waals surface area contributed by atoms with Gasteiger partial charge in [-0.15, -0.1) is 0 Å². The van der Waals surface area contributed by atoms with E-state index in [4.69, 9.17) is 14.2 Å². The topological polar surface area (TPSA) is 143 Å². The Kier molecular flexibility index (Phi) is 25.1. The summed E-state index contributed by atoms with van der Waals surface area (Å²) in [5.41, 5.74) is -2.49. The average Bonchev–Trinajstić information content (AvgIpc) is 3.35. The van der Waals surface area contributed by atoms with E-state index in [2.05, 4.69) is 13.8 Å². The minimum absolute atomic E-state index is 0.136. The lowest BCUT2D eigenvalue weighted by Crippen LogP contribution is -2.58. The maximum atomic E-state index is 13.2. The van der Waals surface area contributed by atoms with Gasteiger partial charge in [0, 0.05) is 0 Å². The second-order valence-electron chi connectivity index (χ2n) is 13.0. The van der Waals surface area contributed by atoms with Crippen molar-refractivity contribution in [2.45, 2.75) is 186 Å². The fourth-order valence-corrected chi connectivity index (χ4v) is 6.04. The number of unbranched alkanes of at least 4 members (excludes halogenated alkanes) is 22. The van der Waals surface area contributed by atoms with Crippen LogP contribution >= 0.6 is 0 Å². The zero-order chi connectivity index (χ0) is 33.9. The number of esters is 1. The Balaban J connectivity index is 2.60. The average molecular weight is 657 g/mol. The Morgan fingerprint density at radius 3 is 1.35 bits per heavy atom. The van der Waals surface area contributed by atoms with Gasteiger partial charge in [-0.2, -0.15) is 0 Å². The zero-order valence-electron chi connectivity index (χ0n) is 29.3. The Morgan fingerprint density at radius 1 is 0.609 bits per heavy atom. The molecule has 46 heavy (non-hydrogen) atoms. The van der Waals surface area contributed by atoms with E-state index in [1.54, 1.807) is 0 Å². The normalized spacial score (nSPS) is 17.7. The summed E-state index contributed by atoms with van der Waals surface area (Å²) < 4.78 is 17.0. The highest BCUT2D eigenvalue weighted by Gasteiger charge is 2.62. The highest BCUT2D eigenvalue weighted by Crippen LogP contribution is 2.39. The summed E-state index contributed by atoms with van der Waals surface area (Å²) in [6, 6.07) is 0. The van der Waals surface area contributed by atoms with Crippen LogP contribution in [0.4, 0.5) is 0 Å². The molecule has 0 aliphatic carbocycles. The molecular formula is C37H68O9. The molecule has 3 atom stereocenters. The highest BCUT2D eigenvalue weighted by molar-refractivity contribution is 6.03. The van der Waals surface area contributed by atoms with Crippen LogP contribution in [0.5, 0.6) is 0 Å². The van der Waals surface area contributed by atoms with Crippen molar-refractivity contribution in [2.75, 3.05) is 26.4 Å². The summed E-state index contributed by atoms with van der Waals surface area (Å²) in [5, 5.41) is 40.1. The van der Waals surface area contributed by atoms with E-state index in [-0.39, 0.29) is 24.7 Å². The number of aliphatic hydroxyl groups excluding tert-OH is 4. The molecule has 4 N–H and O–H groups in total. The first kappa shape index (κ1) is 42.3. The van der Waals surface area contributed by atoms with Crippen molar-refractivity contribution in [1.82, 2.24) is 0 Å². The van der Waals surface area contributed by atoms with Crippen molar-refractivity contribution in [1.29, 1.82) is 0 Å². The standard InChI is InChI=1S/C37H68O9/c1-3-5-7-9-11-13-15-16-17-18-20-21-23-25-27-44-33-35(45-28-26-24-22-19-14-12-10-8-6-4-2)37(32(41)30-39,46-36(33)43)34(42)31(40)29-38/h31-32,38-41H,3-30H2,1-2H3/t31?,32-,37-/m0/s1. The molecule has 1 heterocycles. The second-order valence-corrected chi connectivity index (χ2v) is 13.0. The number of rotatable bonds is 33. The first-order valence-electron chi connectivity index (χ1n) is 18.8. The lowest BCUT2D eigenvalue weighted by Gasteiger charge is -2.33. The number of Topliss-reactive ketones (excluding diaryl/α,β-unsaturated/α-hetero) is 1. The summed E-state index contributed by atoms with van der Waals surface area (Å²) in [5.74, 6) is -2.84. The van der Waals surface area contributed by atoms with E-state index < -0.39 is 42.8 Å². The summed E-state index contributed by atoms with van der Waals surface area (Å²) >= 11 is 0. The van der Waals surface area contributed by atoms with Gasteiger partial charge in [0.05, 0.1) is 26.4 Å². The maximum Gasteiger partial charge on any atom is 0.378 e. The molecule has 1 aliphatic rings. The summed E-state index contributed by atoms with van der Waals surface area (Å²) in [6.45, 7) is 2.90. The summed E-state index contributed by atoms with van der Waals surface area (Å²) in [7, 11) is 0. The SMILES string of the molecule is CCCCCCCCCCCCCCCCOC1=C(OCCCCCCCCCCCC)[C@@](C(=O)C(O)CO)([C@@H](O)CO)OC1=O. The van der Waals surface area contributed by atoms with Crippen molar-refractivity contribution in [3.05, 3.63) is 11.5 Å². The van der Waals surface area contributed by atoms with Gasteiger partial charge in [-0.1, -0.05) is 155 Å². The van der Waals surface area contributed by atoms with Crippen LogP contribution in [0.3, 0.4) is 0 Å². The predicted molar refractivity (Wildman–Crippen MR) is 181 cm³/mol. The smallest absolute Gasteiger partial charge is 0.378 e. The monoisotopic (exact) mass is 656 g/mol. The molecule has 1 unspecified atom stereocenters. The van der Waals surface area contributed by atoms with Gasteiger partial charge in [0.2, 0.25) is 17.3 Å². The number of ether oxygens (including phenoxy) is 3. The minimum atomic E-state index is -2.49. The fourth-order valence-electron chi connectivity index (χ4n) is 6.04. The van der Waals surface area contributed by atoms with Gasteiger partial charge < -0.3 is 34.6 Å². The zero-order valence-corrected chi connectivity index (χ0v) is 29.3. The van der Waals surface area contributed by atoms with Crippen LogP contribution in [0.25, 0.3) is 0 Å². The van der Waals surface area contributed by atoms with E-state index in [0.717, 1.165) is 38.5 Å². The number of hydrogen-bond donors (Lipinski definition) is 4. The highest BCUT2D eigenvalue weighted by atomic mass is 16.6. The van der Waals surface area contributed by atoms with Crippen LogP contribution in [0, 0.1) is 0 Å². The van der Waals surface area contributed by atoms with E-state index in [9.17, 15) is 30.0 Å². The number of cyclic esters (lactones) is 1. The largest absolute Gasteiger partial charge is 0.489 e. The Morgan fingerprint density at radius 2 is 0.978 bits per heavy atom. The van der Waals surface area contributed by atoms with Gasteiger partial charge in [-0.05, 0) is 12.8 Å². The number of ketones is 1. The van der Waals surface area contributed by atoms with Crippen LogP contribution in [0.2, 0.25) is 0 Å². The Labute approximate surface area is 279 Å². The molecular weight excluding hydrogens is 588 g/mol. The van der Waals surface area contributed by atoms with Crippen LogP contribution in [0.15, 0.2) is 11.5 Å². The van der Waals surface area contributed by atoms with E-state index in [1.807, 2.05) is 0 Å². The van der Waals surface area contributed by atoms with Gasteiger partial charge in [0.1, 0.15) is 12.2 Å². The van der Waals surface area contributed by atoms with Gasteiger partial charge in [-0.3, -0.25) is 4.79 Å². The van der Waals surface area contributed by atoms with Gasteiger partial charge in [0.15, 0.2) is 0 Å². The molecule has 0 saturated heterocycles. The molecule has 0 amide bonds. The number of carbonyl (C=O) groups excluding carboxylic acids is 2. The first-order valence-corrected chi connectivity index (χ1v) is 18.8. The third kappa shape index (κ3) is 15.9. The predicted octanol–water partition coefficient (Wildman–Crippen LogP) is 7.20. The lowest BCUT2D eigenvalue weighted by atomic mass is 9.87. The first-order chi connectivity index (χ1) is 22.4. The summed E-state index contributed by atoms with van der Waals surface area (Å²) in [4.78, 5) is 26.1. The molecule has 1 aliphatic heterocycles.